The van der Waals surface area contributed by atoms with Crippen molar-refractivity contribution in [1.29, 1.82) is 0 Å². The third-order valence-electron chi connectivity index (χ3n) is 4.76. The number of hydrogen-bond donors (Lipinski definition) is 2. The monoisotopic (exact) mass is 337 g/mol. The van der Waals surface area contributed by atoms with Gasteiger partial charge in [0.05, 0.1) is 6.10 Å². The van der Waals surface area contributed by atoms with Crippen LogP contribution in [0.4, 0.5) is 4.79 Å². The summed E-state index contributed by atoms with van der Waals surface area (Å²) in [6, 6.07) is 2.15. The molecule has 2 amide bonds. The molecule has 2 aliphatic rings. The van der Waals surface area contributed by atoms with Crippen LogP contribution in [0.25, 0.3) is 0 Å². The van der Waals surface area contributed by atoms with Crippen LogP contribution < -0.4 is 10.6 Å². The molecule has 1 atom stereocenters. The lowest BCUT2D eigenvalue weighted by atomic mass is 9.96. The van der Waals surface area contributed by atoms with E-state index in [1.54, 1.807) is 11.3 Å². The summed E-state index contributed by atoms with van der Waals surface area (Å²) in [6.45, 7) is 5.55. The van der Waals surface area contributed by atoms with Crippen molar-refractivity contribution < 1.29 is 9.53 Å². The number of carbonyl (C=O) groups is 1. The second kappa shape index (κ2) is 8.66. The van der Waals surface area contributed by atoms with Gasteiger partial charge in [0.2, 0.25) is 0 Å². The molecule has 3 heterocycles. The molecular formula is C17H27N3O2S. The van der Waals surface area contributed by atoms with Gasteiger partial charge in [-0.15, -0.1) is 0 Å². The predicted octanol–water partition coefficient (Wildman–Crippen LogP) is 2.44. The van der Waals surface area contributed by atoms with E-state index in [0.29, 0.717) is 12.5 Å². The lowest BCUT2D eigenvalue weighted by Crippen LogP contribution is -2.43. The van der Waals surface area contributed by atoms with E-state index in [-0.39, 0.29) is 12.1 Å². The van der Waals surface area contributed by atoms with Gasteiger partial charge in [0.25, 0.3) is 0 Å². The number of hydrogen-bond acceptors (Lipinski definition) is 4. The first-order valence-electron chi connectivity index (χ1n) is 8.66. The topological polar surface area (TPSA) is 53.6 Å². The first kappa shape index (κ1) is 16.7. The van der Waals surface area contributed by atoms with Crippen molar-refractivity contribution in [1.82, 2.24) is 15.5 Å². The van der Waals surface area contributed by atoms with Gasteiger partial charge in [-0.3, -0.25) is 4.90 Å². The van der Waals surface area contributed by atoms with E-state index < -0.39 is 0 Å². The standard InChI is InChI=1S/C17H27N3O2S/c21-17(19-11-16-2-1-8-22-16)18-10-14-3-6-20(7-4-14)12-15-5-9-23-13-15/h5,9,13-14,16H,1-4,6-8,10-12H2,(H2,18,19,21). The van der Waals surface area contributed by atoms with E-state index >= 15 is 0 Å². The van der Waals surface area contributed by atoms with E-state index in [0.717, 1.165) is 58.5 Å². The molecule has 2 N–H and O–H groups in total. The van der Waals surface area contributed by atoms with E-state index in [1.807, 2.05) is 0 Å². The highest BCUT2D eigenvalue weighted by Crippen LogP contribution is 2.19. The zero-order valence-corrected chi connectivity index (χ0v) is 14.4. The van der Waals surface area contributed by atoms with Gasteiger partial charge in [0, 0.05) is 26.2 Å². The molecule has 0 saturated carbocycles. The van der Waals surface area contributed by atoms with Crippen LogP contribution in [0.2, 0.25) is 0 Å². The lowest BCUT2D eigenvalue weighted by Gasteiger charge is -2.31. The van der Waals surface area contributed by atoms with Crippen molar-refractivity contribution in [3.8, 4) is 0 Å². The Morgan fingerprint density at radius 2 is 2.09 bits per heavy atom. The number of thiophene rings is 1. The Labute approximate surface area is 142 Å². The molecule has 6 heteroatoms. The molecular weight excluding hydrogens is 310 g/mol. The quantitative estimate of drug-likeness (QED) is 0.838. The fourth-order valence-corrected chi connectivity index (χ4v) is 3.96. The highest BCUT2D eigenvalue weighted by molar-refractivity contribution is 7.07. The number of amides is 2. The zero-order valence-electron chi connectivity index (χ0n) is 13.6. The van der Waals surface area contributed by atoms with Crippen LogP contribution in [-0.4, -0.2) is 49.8 Å². The zero-order chi connectivity index (χ0) is 15.9. The molecule has 0 radical (unpaired) electrons. The Morgan fingerprint density at radius 3 is 2.78 bits per heavy atom. The van der Waals surface area contributed by atoms with E-state index in [2.05, 4.69) is 32.4 Å². The fourth-order valence-electron chi connectivity index (χ4n) is 3.30. The summed E-state index contributed by atoms with van der Waals surface area (Å²) in [5, 5.41) is 10.3. The van der Waals surface area contributed by atoms with Gasteiger partial charge in [-0.1, -0.05) is 0 Å². The second-order valence-corrected chi connectivity index (χ2v) is 7.36. The SMILES string of the molecule is O=C(NCC1CCN(Cc2ccsc2)CC1)NCC1CCCO1. The summed E-state index contributed by atoms with van der Waals surface area (Å²) < 4.78 is 5.51. The number of likely N-dealkylation sites (tertiary alicyclic amines) is 1. The van der Waals surface area contributed by atoms with Gasteiger partial charge >= 0.3 is 6.03 Å². The first-order valence-corrected chi connectivity index (χ1v) is 9.60. The first-order chi connectivity index (χ1) is 11.3. The molecule has 0 aromatic carbocycles. The molecule has 2 saturated heterocycles. The Balaban J connectivity index is 1.27. The number of ether oxygens (including phenoxy) is 1. The molecule has 1 aromatic rings. The molecule has 0 spiro atoms. The summed E-state index contributed by atoms with van der Waals surface area (Å²) in [5.74, 6) is 0.599. The molecule has 5 nitrogen and oxygen atoms in total. The van der Waals surface area contributed by atoms with E-state index in [4.69, 9.17) is 4.74 Å². The summed E-state index contributed by atoms with van der Waals surface area (Å²) in [7, 11) is 0. The second-order valence-electron chi connectivity index (χ2n) is 6.58. The third-order valence-corrected chi connectivity index (χ3v) is 5.49. The molecule has 0 aliphatic carbocycles. The summed E-state index contributed by atoms with van der Waals surface area (Å²) in [6.07, 6.45) is 4.70. The minimum atomic E-state index is -0.0544. The molecule has 2 fully saturated rings. The average molecular weight is 337 g/mol. The molecule has 0 bridgehead atoms. The Hall–Kier alpha value is -1.11. The molecule has 1 unspecified atom stereocenters. The van der Waals surface area contributed by atoms with Gasteiger partial charge in [-0.05, 0) is 67.1 Å². The molecule has 1 aromatic heterocycles. The number of nitrogens with one attached hydrogen (secondary N) is 2. The Bertz CT molecular complexity index is 466. The minimum absolute atomic E-state index is 0.0544. The van der Waals surface area contributed by atoms with Crippen molar-refractivity contribution in [2.75, 3.05) is 32.8 Å². The van der Waals surface area contributed by atoms with Crippen molar-refractivity contribution in [3.05, 3.63) is 22.4 Å². The number of urea groups is 1. The third kappa shape index (κ3) is 5.48. The lowest BCUT2D eigenvalue weighted by molar-refractivity contribution is 0.111. The van der Waals surface area contributed by atoms with Gasteiger partial charge in [-0.2, -0.15) is 11.3 Å². The summed E-state index contributed by atoms with van der Waals surface area (Å²) >= 11 is 1.76. The van der Waals surface area contributed by atoms with Crippen LogP contribution in [-0.2, 0) is 11.3 Å². The number of carbonyl (C=O) groups excluding carboxylic acids is 1. The number of nitrogens with zero attached hydrogens (tertiary/aromatic N) is 1. The van der Waals surface area contributed by atoms with Crippen molar-refractivity contribution in [3.63, 3.8) is 0 Å². The van der Waals surface area contributed by atoms with Crippen molar-refractivity contribution >= 4 is 17.4 Å². The van der Waals surface area contributed by atoms with Gasteiger partial charge in [0.15, 0.2) is 0 Å². The van der Waals surface area contributed by atoms with Crippen LogP contribution in [0.3, 0.4) is 0 Å². The maximum absolute atomic E-state index is 11.8. The summed E-state index contributed by atoms with van der Waals surface area (Å²) in [5.41, 5.74) is 1.42. The van der Waals surface area contributed by atoms with Crippen molar-refractivity contribution in [2.45, 2.75) is 38.3 Å². The summed E-state index contributed by atoms with van der Waals surface area (Å²) in [4.78, 5) is 14.3. The molecule has 2 aliphatic heterocycles. The predicted molar refractivity (Wildman–Crippen MR) is 92.7 cm³/mol. The molecule has 128 valence electrons. The number of piperidine rings is 1. The van der Waals surface area contributed by atoms with Crippen LogP contribution in [0.1, 0.15) is 31.2 Å². The van der Waals surface area contributed by atoms with Crippen LogP contribution in [0.15, 0.2) is 16.8 Å². The van der Waals surface area contributed by atoms with Crippen LogP contribution in [0, 0.1) is 5.92 Å². The fraction of sp³-hybridized carbons (Fsp3) is 0.706. The van der Waals surface area contributed by atoms with Gasteiger partial charge in [-0.25, -0.2) is 4.79 Å². The highest BCUT2D eigenvalue weighted by atomic mass is 32.1. The smallest absolute Gasteiger partial charge is 0.314 e. The molecule has 23 heavy (non-hydrogen) atoms. The highest BCUT2D eigenvalue weighted by Gasteiger charge is 2.20. The molecule has 3 rings (SSSR count). The Morgan fingerprint density at radius 1 is 1.26 bits per heavy atom. The normalized spacial score (nSPS) is 23.0. The maximum atomic E-state index is 11.8. The van der Waals surface area contributed by atoms with E-state index in [1.165, 1.54) is 5.56 Å². The Kier molecular flexibility index (Phi) is 6.30. The minimum Gasteiger partial charge on any atom is -0.376 e. The average Bonchev–Trinajstić information content (AvgIpc) is 3.26. The van der Waals surface area contributed by atoms with Gasteiger partial charge in [0.1, 0.15) is 0 Å². The number of rotatable bonds is 6. The van der Waals surface area contributed by atoms with Crippen LogP contribution >= 0.6 is 11.3 Å². The van der Waals surface area contributed by atoms with Gasteiger partial charge < -0.3 is 15.4 Å². The van der Waals surface area contributed by atoms with Crippen molar-refractivity contribution in [2.24, 2.45) is 5.92 Å². The largest absolute Gasteiger partial charge is 0.376 e. The van der Waals surface area contributed by atoms with Crippen LogP contribution in [0.5, 0.6) is 0 Å². The maximum Gasteiger partial charge on any atom is 0.314 e. The van der Waals surface area contributed by atoms with E-state index in [9.17, 15) is 4.79 Å².